The quantitative estimate of drug-likeness (QED) is 0.195. The van der Waals surface area contributed by atoms with Gasteiger partial charge in [-0.1, -0.05) is 143 Å². The lowest BCUT2D eigenvalue weighted by Crippen LogP contribution is -2.15. The Hall–Kier alpha value is -3.04. The molecule has 5 rings (SSSR count). The van der Waals surface area contributed by atoms with Gasteiger partial charge in [-0.05, 0) is 95.2 Å². The highest BCUT2D eigenvalue weighted by molar-refractivity contribution is 7.77. The molecule has 0 N–H and O–H groups in total. The van der Waals surface area contributed by atoms with Crippen molar-refractivity contribution in [2.75, 3.05) is 6.16 Å². The highest BCUT2D eigenvalue weighted by Crippen LogP contribution is 2.49. The van der Waals surface area contributed by atoms with Gasteiger partial charge in [0.15, 0.2) is 0 Å². The first-order valence-corrected chi connectivity index (χ1v) is 16.7. The summed E-state index contributed by atoms with van der Waals surface area (Å²) in [5, 5.41) is 7.29. The van der Waals surface area contributed by atoms with Crippen molar-refractivity contribution in [1.82, 2.24) is 0 Å². The van der Waals surface area contributed by atoms with Gasteiger partial charge in [-0.2, -0.15) is 0 Å². The molecule has 0 saturated heterocycles. The van der Waals surface area contributed by atoms with E-state index in [4.69, 9.17) is 0 Å². The van der Waals surface area contributed by atoms with Gasteiger partial charge in [-0.3, -0.25) is 0 Å². The molecule has 196 valence electrons. The highest BCUT2D eigenvalue weighted by Gasteiger charge is 2.24. The monoisotopic (exact) mass is 544 g/mol. The third-order valence-electron chi connectivity index (χ3n) is 7.08. The average molecular weight is 545 g/mol. The molecule has 0 aliphatic heterocycles. The maximum absolute atomic E-state index is 2.51. The van der Waals surface area contributed by atoms with Crippen molar-refractivity contribution < 1.29 is 0 Å². The molecule has 2 heteroatoms. The number of hydrogen-bond donors (Lipinski definition) is 0. The summed E-state index contributed by atoms with van der Waals surface area (Å²) >= 11 is 0. The first kappa shape index (κ1) is 27.5. The molecule has 0 fully saturated rings. The molecule has 0 unspecified atom stereocenters. The average Bonchev–Trinajstić information content (AvgIpc) is 3.34. The van der Waals surface area contributed by atoms with E-state index in [9.17, 15) is 0 Å². The van der Waals surface area contributed by atoms with Crippen LogP contribution in [0.1, 0.15) is 35.6 Å². The molecule has 0 nitrogen and oxygen atoms in total. The van der Waals surface area contributed by atoms with E-state index in [-0.39, 0.29) is 0 Å². The van der Waals surface area contributed by atoms with Crippen LogP contribution in [-0.4, -0.2) is 6.16 Å². The summed E-state index contributed by atoms with van der Waals surface area (Å²) < 4.78 is 0. The van der Waals surface area contributed by atoms with E-state index in [1.807, 2.05) is 0 Å². The first-order chi connectivity index (χ1) is 18.9. The van der Waals surface area contributed by atoms with E-state index in [1.54, 1.807) is 0 Å². The molecule has 0 radical (unpaired) electrons. The van der Waals surface area contributed by atoms with Gasteiger partial charge in [0.2, 0.25) is 0 Å². The molecular weight excluding hydrogens is 506 g/mol. The zero-order chi connectivity index (χ0) is 27.4. The fourth-order valence-corrected chi connectivity index (χ4v) is 10.8. The van der Waals surface area contributed by atoms with Crippen molar-refractivity contribution in [3.05, 3.63) is 154 Å². The molecule has 0 aromatic heterocycles. The molecule has 0 saturated carbocycles. The van der Waals surface area contributed by atoms with Crippen LogP contribution in [0.3, 0.4) is 0 Å². The standard InChI is InChI=1S/C37H38P2/c1-27-19-28(2)23-35(22-27)39(36-24-29(3)20-30(4)25-36)37-18-12-13-32(37)21-31(5)26-38(33-14-8-6-9-15-33)34-16-10-7-11-17-34/h6-12,14-25H,13,26H2,1-5H3/b31-21+. The predicted molar refractivity (Wildman–Crippen MR) is 176 cm³/mol. The van der Waals surface area contributed by atoms with Crippen molar-refractivity contribution in [2.24, 2.45) is 0 Å². The van der Waals surface area contributed by atoms with E-state index < -0.39 is 15.8 Å². The summed E-state index contributed by atoms with van der Waals surface area (Å²) in [7, 11) is -1.09. The van der Waals surface area contributed by atoms with Crippen molar-refractivity contribution in [1.29, 1.82) is 0 Å². The van der Waals surface area contributed by atoms with E-state index in [2.05, 4.69) is 150 Å². The predicted octanol–water partition coefficient (Wildman–Crippen LogP) is 8.65. The molecule has 0 heterocycles. The van der Waals surface area contributed by atoms with Gasteiger partial charge in [0.1, 0.15) is 0 Å². The van der Waals surface area contributed by atoms with E-state index >= 15 is 0 Å². The molecule has 0 bridgehead atoms. The minimum absolute atomic E-state index is 0.451. The fourth-order valence-electron chi connectivity index (χ4n) is 5.59. The molecule has 1 aliphatic rings. The van der Waals surface area contributed by atoms with E-state index in [0.29, 0.717) is 0 Å². The van der Waals surface area contributed by atoms with Crippen LogP contribution in [-0.2, 0) is 0 Å². The molecule has 0 amide bonds. The summed E-state index contributed by atoms with van der Waals surface area (Å²) in [5.74, 6) is 0. The zero-order valence-corrected chi connectivity index (χ0v) is 25.6. The summed E-state index contributed by atoms with van der Waals surface area (Å²) in [6.45, 7) is 11.2. The fraction of sp³-hybridized carbons (Fsp3) is 0.189. The normalized spacial score (nSPS) is 13.7. The first-order valence-electron chi connectivity index (χ1n) is 13.8. The second kappa shape index (κ2) is 12.4. The lowest BCUT2D eigenvalue weighted by Gasteiger charge is -2.23. The van der Waals surface area contributed by atoms with Crippen molar-refractivity contribution in [3.8, 4) is 0 Å². The Morgan fingerprint density at radius 2 is 1.10 bits per heavy atom. The lowest BCUT2D eigenvalue weighted by atomic mass is 10.1. The number of allylic oxidation sites excluding steroid dienone is 6. The van der Waals surface area contributed by atoms with Crippen LogP contribution in [0.25, 0.3) is 0 Å². The van der Waals surface area contributed by atoms with Gasteiger partial charge >= 0.3 is 0 Å². The smallest absolute Gasteiger partial charge is 0.00334 e. The Kier molecular flexibility index (Phi) is 8.77. The van der Waals surface area contributed by atoms with Crippen LogP contribution < -0.4 is 21.2 Å². The molecule has 1 aliphatic carbocycles. The Bertz CT molecular complexity index is 1410. The Balaban J connectivity index is 1.57. The van der Waals surface area contributed by atoms with Gasteiger partial charge in [0.05, 0.1) is 0 Å². The molecular formula is C37H38P2. The number of aryl methyl sites for hydroxylation is 4. The van der Waals surface area contributed by atoms with Crippen LogP contribution >= 0.6 is 15.8 Å². The highest BCUT2D eigenvalue weighted by atomic mass is 31.1. The number of hydrogen-bond acceptors (Lipinski definition) is 0. The van der Waals surface area contributed by atoms with Crippen LogP contribution in [0.4, 0.5) is 0 Å². The molecule has 39 heavy (non-hydrogen) atoms. The second-order valence-electron chi connectivity index (χ2n) is 10.8. The summed E-state index contributed by atoms with van der Waals surface area (Å²) in [6.07, 6.45) is 9.38. The van der Waals surface area contributed by atoms with Crippen molar-refractivity contribution >= 4 is 37.1 Å². The molecule has 4 aromatic carbocycles. The maximum atomic E-state index is 2.51. The van der Waals surface area contributed by atoms with Gasteiger partial charge in [-0.25, -0.2) is 0 Å². The third-order valence-corrected chi connectivity index (χ3v) is 12.2. The third kappa shape index (κ3) is 6.76. The largest absolute Gasteiger partial charge is 0.0794 e. The summed E-state index contributed by atoms with van der Waals surface area (Å²) in [4.78, 5) is 0. The van der Waals surface area contributed by atoms with Crippen LogP contribution in [0.5, 0.6) is 0 Å². The van der Waals surface area contributed by atoms with Gasteiger partial charge < -0.3 is 0 Å². The maximum Gasteiger partial charge on any atom is -0.00334 e. The summed E-state index contributed by atoms with van der Waals surface area (Å²) in [5.41, 5.74) is 8.31. The van der Waals surface area contributed by atoms with Crippen LogP contribution in [0, 0.1) is 27.7 Å². The van der Waals surface area contributed by atoms with Crippen molar-refractivity contribution in [2.45, 2.75) is 41.0 Å². The Labute approximate surface area is 237 Å². The van der Waals surface area contributed by atoms with Crippen molar-refractivity contribution in [3.63, 3.8) is 0 Å². The molecule has 0 atom stereocenters. The minimum Gasteiger partial charge on any atom is -0.0794 e. The number of benzene rings is 4. The van der Waals surface area contributed by atoms with Crippen LogP contribution in [0.15, 0.2) is 132 Å². The SMILES string of the molecule is C/C(=C\C1=C(P(c2cc(C)cc(C)c2)c2cc(C)cc(C)c2)C=CC1)CP(c1ccccc1)c1ccccc1. The topological polar surface area (TPSA) is 0 Å². The van der Waals surface area contributed by atoms with Crippen LogP contribution in [0.2, 0.25) is 0 Å². The van der Waals surface area contributed by atoms with Gasteiger partial charge in [0.25, 0.3) is 0 Å². The Morgan fingerprint density at radius 3 is 1.56 bits per heavy atom. The van der Waals surface area contributed by atoms with E-state index in [0.717, 1.165) is 12.6 Å². The zero-order valence-electron chi connectivity index (χ0n) is 23.8. The Morgan fingerprint density at radius 1 is 0.641 bits per heavy atom. The molecule has 0 spiro atoms. The number of rotatable bonds is 8. The van der Waals surface area contributed by atoms with Gasteiger partial charge in [-0.15, -0.1) is 0 Å². The van der Waals surface area contributed by atoms with Gasteiger partial charge in [0, 0.05) is 0 Å². The summed E-state index contributed by atoms with van der Waals surface area (Å²) in [6, 6.07) is 36.4. The minimum atomic E-state index is -0.641. The lowest BCUT2D eigenvalue weighted by molar-refractivity contribution is 1.28. The van der Waals surface area contributed by atoms with E-state index in [1.165, 1.54) is 59.9 Å². The molecule has 4 aromatic rings. The second-order valence-corrected chi connectivity index (χ2v) is 15.2.